The first-order valence-electron chi connectivity index (χ1n) is 8.04. The van der Waals surface area contributed by atoms with E-state index in [1.165, 1.54) is 11.0 Å². The number of fused-ring (bicyclic) bond motifs is 1. The SMILES string of the molecule is CCOC(=O)CC(=O)Cn1cnc2c(nnn2-c2cccc(C)c2)c1=O. The number of nitrogens with zero attached hydrogens (tertiary/aromatic N) is 5. The van der Waals surface area contributed by atoms with Gasteiger partial charge in [0.05, 0.1) is 18.8 Å². The summed E-state index contributed by atoms with van der Waals surface area (Å²) in [6.07, 6.45) is 0.859. The molecule has 0 aliphatic rings. The maximum absolute atomic E-state index is 12.5. The summed E-state index contributed by atoms with van der Waals surface area (Å²) in [4.78, 5) is 40.0. The molecular formula is C17H17N5O4. The molecule has 2 aromatic heterocycles. The van der Waals surface area contributed by atoms with E-state index in [0.717, 1.165) is 15.8 Å². The van der Waals surface area contributed by atoms with Crippen LogP contribution in [0.15, 0.2) is 35.4 Å². The fourth-order valence-electron chi connectivity index (χ4n) is 2.51. The third kappa shape index (κ3) is 3.51. The molecule has 3 aromatic rings. The molecule has 0 N–H and O–H groups in total. The van der Waals surface area contributed by atoms with Gasteiger partial charge < -0.3 is 4.74 Å². The predicted molar refractivity (Wildman–Crippen MR) is 91.9 cm³/mol. The van der Waals surface area contributed by atoms with Crippen LogP contribution in [-0.2, 0) is 20.9 Å². The van der Waals surface area contributed by atoms with Crippen LogP contribution in [0.5, 0.6) is 0 Å². The van der Waals surface area contributed by atoms with Crippen LogP contribution in [0.1, 0.15) is 18.9 Å². The highest BCUT2D eigenvalue weighted by Gasteiger charge is 2.16. The molecule has 134 valence electrons. The molecule has 0 fully saturated rings. The molecule has 0 saturated carbocycles. The van der Waals surface area contributed by atoms with Gasteiger partial charge in [-0.3, -0.25) is 19.0 Å². The number of ketones is 1. The fraction of sp³-hybridized carbons (Fsp3) is 0.294. The zero-order valence-electron chi connectivity index (χ0n) is 14.4. The minimum absolute atomic E-state index is 0.0536. The summed E-state index contributed by atoms with van der Waals surface area (Å²) < 4.78 is 7.30. The van der Waals surface area contributed by atoms with E-state index in [1.54, 1.807) is 6.92 Å². The Morgan fingerprint density at radius 1 is 1.27 bits per heavy atom. The highest BCUT2D eigenvalue weighted by molar-refractivity contribution is 5.95. The Morgan fingerprint density at radius 3 is 2.81 bits per heavy atom. The van der Waals surface area contributed by atoms with E-state index in [2.05, 4.69) is 15.3 Å². The van der Waals surface area contributed by atoms with Gasteiger partial charge in [0.1, 0.15) is 12.7 Å². The average Bonchev–Trinajstić information content (AvgIpc) is 3.02. The molecule has 0 spiro atoms. The molecule has 0 aliphatic heterocycles. The number of ether oxygens (including phenoxy) is 1. The standard InChI is InChI=1S/C17H17N5O4/c1-3-26-14(24)8-13(23)9-21-10-18-16-15(17(21)25)19-20-22(16)12-6-4-5-11(2)7-12/h4-7,10H,3,8-9H2,1-2H3. The van der Waals surface area contributed by atoms with Crippen molar-refractivity contribution in [2.45, 2.75) is 26.8 Å². The molecule has 0 radical (unpaired) electrons. The van der Waals surface area contributed by atoms with Gasteiger partial charge in [0.2, 0.25) is 0 Å². The second-order valence-electron chi connectivity index (χ2n) is 5.71. The average molecular weight is 355 g/mol. The summed E-state index contributed by atoms with van der Waals surface area (Å²) in [6.45, 7) is 3.51. The van der Waals surface area contributed by atoms with Gasteiger partial charge in [-0.05, 0) is 31.5 Å². The van der Waals surface area contributed by atoms with Crippen LogP contribution in [0, 0.1) is 6.92 Å². The first kappa shape index (κ1) is 17.5. The van der Waals surface area contributed by atoms with Crippen LogP contribution in [0.4, 0.5) is 0 Å². The Balaban J connectivity index is 1.89. The zero-order chi connectivity index (χ0) is 18.7. The number of carbonyl (C=O) groups excluding carboxylic acids is 2. The molecule has 26 heavy (non-hydrogen) atoms. The number of rotatable bonds is 6. The van der Waals surface area contributed by atoms with Crippen LogP contribution in [-0.4, -0.2) is 42.9 Å². The number of Topliss-reactive ketones (excluding diaryl/α,β-unsaturated/α-hetero) is 1. The first-order chi connectivity index (χ1) is 12.5. The van der Waals surface area contributed by atoms with Crippen LogP contribution in [0.2, 0.25) is 0 Å². The Hall–Kier alpha value is -3.36. The number of esters is 1. The molecule has 0 bridgehead atoms. The maximum atomic E-state index is 12.5. The summed E-state index contributed by atoms with van der Waals surface area (Å²) >= 11 is 0. The van der Waals surface area contributed by atoms with Crippen molar-refractivity contribution >= 4 is 22.9 Å². The highest BCUT2D eigenvalue weighted by Crippen LogP contribution is 2.13. The molecule has 9 nitrogen and oxygen atoms in total. The lowest BCUT2D eigenvalue weighted by atomic mass is 10.2. The van der Waals surface area contributed by atoms with Gasteiger partial charge in [-0.15, -0.1) is 5.10 Å². The highest BCUT2D eigenvalue weighted by atomic mass is 16.5. The van der Waals surface area contributed by atoms with Crippen molar-refractivity contribution < 1.29 is 14.3 Å². The van der Waals surface area contributed by atoms with Crippen LogP contribution in [0.3, 0.4) is 0 Å². The normalized spacial score (nSPS) is 10.8. The van der Waals surface area contributed by atoms with Crippen LogP contribution in [0.25, 0.3) is 16.9 Å². The van der Waals surface area contributed by atoms with Gasteiger partial charge in [0.15, 0.2) is 16.9 Å². The lowest BCUT2D eigenvalue weighted by molar-refractivity contribution is -0.145. The topological polar surface area (TPSA) is 109 Å². The maximum Gasteiger partial charge on any atom is 0.313 e. The van der Waals surface area contributed by atoms with E-state index in [0.29, 0.717) is 5.65 Å². The Kier molecular flexibility index (Phi) is 4.87. The second-order valence-corrected chi connectivity index (χ2v) is 5.71. The second kappa shape index (κ2) is 7.26. The quantitative estimate of drug-likeness (QED) is 0.475. The molecule has 0 unspecified atom stereocenters. The van der Waals surface area contributed by atoms with Gasteiger partial charge in [-0.2, -0.15) is 4.68 Å². The summed E-state index contributed by atoms with van der Waals surface area (Å²) in [5.41, 5.74) is 1.62. The van der Waals surface area contributed by atoms with Gasteiger partial charge in [-0.25, -0.2) is 4.98 Å². The number of hydrogen-bond donors (Lipinski definition) is 0. The number of benzene rings is 1. The molecule has 0 atom stereocenters. The molecule has 0 saturated heterocycles. The van der Waals surface area contributed by atoms with Crippen molar-refractivity contribution in [3.8, 4) is 5.69 Å². The lowest BCUT2D eigenvalue weighted by Gasteiger charge is -2.05. The number of carbonyl (C=O) groups is 2. The molecular weight excluding hydrogens is 338 g/mol. The minimum atomic E-state index is -0.620. The van der Waals surface area contributed by atoms with Crippen molar-refractivity contribution in [1.29, 1.82) is 0 Å². The summed E-state index contributed by atoms with van der Waals surface area (Å²) in [6, 6.07) is 7.53. The van der Waals surface area contributed by atoms with Crippen molar-refractivity contribution in [1.82, 2.24) is 24.5 Å². The van der Waals surface area contributed by atoms with Crippen molar-refractivity contribution in [3.63, 3.8) is 0 Å². The molecule has 0 amide bonds. The van der Waals surface area contributed by atoms with E-state index >= 15 is 0 Å². The smallest absolute Gasteiger partial charge is 0.313 e. The van der Waals surface area contributed by atoms with E-state index in [1.807, 2.05) is 31.2 Å². The summed E-state index contributed by atoms with van der Waals surface area (Å²) in [5.74, 6) is -1.07. The van der Waals surface area contributed by atoms with Crippen molar-refractivity contribution in [3.05, 3.63) is 46.5 Å². The van der Waals surface area contributed by atoms with Crippen LogP contribution >= 0.6 is 0 Å². The third-order valence-corrected chi connectivity index (χ3v) is 3.67. The van der Waals surface area contributed by atoms with E-state index in [4.69, 9.17) is 4.74 Å². The Bertz CT molecular complexity index is 1040. The molecule has 3 rings (SSSR count). The van der Waals surface area contributed by atoms with Crippen molar-refractivity contribution in [2.75, 3.05) is 6.61 Å². The van der Waals surface area contributed by atoms with E-state index < -0.39 is 23.7 Å². The van der Waals surface area contributed by atoms with Crippen LogP contribution < -0.4 is 5.56 Å². The monoisotopic (exact) mass is 355 g/mol. The van der Waals surface area contributed by atoms with Gasteiger partial charge in [0, 0.05) is 0 Å². The molecule has 1 aromatic carbocycles. The van der Waals surface area contributed by atoms with Crippen molar-refractivity contribution in [2.24, 2.45) is 0 Å². The molecule has 0 aliphatic carbocycles. The molecule has 2 heterocycles. The number of hydrogen-bond acceptors (Lipinski definition) is 7. The van der Waals surface area contributed by atoms with E-state index in [-0.39, 0.29) is 18.7 Å². The molecule has 9 heteroatoms. The predicted octanol–water partition coefficient (Wildman–Crippen LogP) is 0.808. The Morgan fingerprint density at radius 2 is 2.08 bits per heavy atom. The van der Waals surface area contributed by atoms with Gasteiger partial charge >= 0.3 is 5.97 Å². The zero-order valence-corrected chi connectivity index (χ0v) is 14.4. The minimum Gasteiger partial charge on any atom is -0.466 e. The first-order valence-corrected chi connectivity index (χ1v) is 8.04. The fourth-order valence-corrected chi connectivity index (χ4v) is 2.51. The van der Waals surface area contributed by atoms with E-state index in [9.17, 15) is 14.4 Å². The Labute approximate surface area is 148 Å². The number of aromatic nitrogens is 5. The van der Waals surface area contributed by atoms with Gasteiger partial charge in [0.25, 0.3) is 5.56 Å². The summed E-state index contributed by atoms with van der Waals surface area (Å²) in [7, 11) is 0. The number of aryl methyl sites for hydroxylation is 1. The third-order valence-electron chi connectivity index (χ3n) is 3.67. The lowest BCUT2D eigenvalue weighted by Crippen LogP contribution is -2.26. The van der Waals surface area contributed by atoms with Gasteiger partial charge in [-0.1, -0.05) is 17.3 Å². The summed E-state index contributed by atoms with van der Waals surface area (Å²) in [5, 5.41) is 7.89. The largest absolute Gasteiger partial charge is 0.466 e.